The second-order valence-electron chi connectivity index (χ2n) is 10.8. The Balaban J connectivity index is 0.000000717. The Hall–Kier alpha value is -3.11. The number of nitrogens with zero attached hydrogens (tertiary/aromatic N) is 2. The van der Waals surface area contributed by atoms with Gasteiger partial charge in [0, 0.05) is 37.6 Å². The van der Waals surface area contributed by atoms with Gasteiger partial charge in [0.25, 0.3) is 0 Å². The smallest absolute Gasteiger partial charge is 0.388 e. The van der Waals surface area contributed by atoms with Crippen molar-refractivity contribution in [3.8, 4) is 0 Å². The first kappa shape index (κ1) is 45.9. The molecule has 0 aliphatic heterocycles. The summed E-state index contributed by atoms with van der Waals surface area (Å²) >= 11 is 0. The van der Waals surface area contributed by atoms with Crippen molar-refractivity contribution in [2.24, 2.45) is 0 Å². The predicted octanol–water partition coefficient (Wildman–Crippen LogP) is 11.7. The first-order valence-electron chi connectivity index (χ1n) is 16.4. The molecule has 0 saturated heterocycles. The van der Waals surface area contributed by atoms with Crippen LogP contribution in [-0.2, 0) is 21.7 Å². The summed E-state index contributed by atoms with van der Waals surface area (Å²) in [5.41, 5.74) is -1.23. The number of hydrogen-bond acceptors (Lipinski definition) is 2. The second kappa shape index (κ2) is 26.7. The van der Waals surface area contributed by atoms with Crippen molar-refractivity contribution in [1.82, 2.24) is 0 Å². The maximum Gasteiger partial charge on any atom is 4.00 e. The van der Waals surface area contributed by atoms with Crippen LogP contribution in [0, 0.1) is 58.7 Å². The third-order valence-corrected chi connectivity index (χ3v) is 6.91. The van der Waals surface area contributed by atoms with Gasteiger partial charge < -0.3 is 9.80 Å². The quantitative estimate of drug-likeness (QED) is 0.0552. The molecule has 0 atom stereocenters. The summed E-state index contributed by atoms with van der Waals surface area (Å²) in [5, 5.41) is 0. The fourth-order valence-corrected chi connectivity index (χ4v) is 4.28. The minimum Gasteiger partial charge on any atom is -0.388 e. The topological polar surface area (TPSA) is 6.48 Å². The Morgan fingerprint density at radius 3 is 0.837 bits per heavy atom. The number of anilines is 2. The molecule has 4 rings (SSSR count). The van der Waals surface area contributed by atoms with Gasteiger partial charge in [0.05, 0.1) is 46.5 Å². The zero-order valence-corrected chi connectivity index (χ0v) is 30.2. The van der Waals surface area contributed by atoms with E-state index in [1.807, 2.05) is 88.4 Å². The van der Waals surface area contributed by atoms with Gasteiger partial charge in [-0.15, -0.1) is 12.1 Å². The van der Waals surface area contributed by atoms with E-state index in [1.165, 1.54) is 21.9 Å². The van der Waals surface area contributed by atoms with Crippen molar-refractivity contribution >= 4 is 11.4 Å². The summed E-state index contributed by atoms with van der Waals surface area (Å²) in [7, 11) is 0. The molecule has 0 fully saturated rings. The Morgan fingerprint density at radius 2 is 0.673 bits per heavy atom. The van der Waals surface area contributed by atoms with Crippen LogP contribution in [0.15, 0.2) is 60.7 Å². The van der Waals surface area contributed by atoms with Gasteiger partial charge in [0.15, 0.2) is 0 Å². The van der Waals surface area contributed by atoms with Gasteiger partial charge in [-0.3, -0.25) is 17.6 Å². The molecule has 0 unspecified atom stereocenters. The van der Waals surface area contributed by atoms with Gasteiger partial charge in [-0.25, -0.2) is 41.8 Å². The van der Waals surface area contributed by atoms with Gasteiger partial charge >= 0.3 is 21.7 Å². The first-order chi connectivity index (χ1) is 23.0. The van der Waals surface area contributed by atoms with E-state index in [0.717, 1.165) is 25.7 Å². The molecule has 0 aliphatic rings. The summed E-state index contributed by atoms with van der Waals surface area (Å²) in [6.45, 7) is 9.21. The van der Waals surface area contributed by atoms with Crippen molar-refractivity contribution < 1.29 is 56.8 Å². The average molecular weight is 731 g/mol. The van der Waals surface area contributed by atoms with E-state index < -0.39 is 57.9 Å². The van der Waals surface area contributed by atoms with Crippen molar-refractivity contribution in [2.75, 3.05) is 36.0 Å². The summed E-state index contributed by atoms with van der Waals surface area (Å²) in [6.07, 6.45) is 6.11. The Kier molecular flexibility index (Phi) is 25.0. The molecule has 2 nitrogen and oxygen atoms in total. The summed E-state index contributed by atoms with van der Waals surface area (Å²) in [4.78, 5) is 2.75. The average Bonchev–Trinajstić information content (AvgIpc) is 3.86. The zero-order valence-electron chi connectivity index (χ0n) is 28.7. The molecule has 0 aromatic heterocycles. The van der Waals surface area contributed by atoms with E-state index >= 15 is 0 Å². The monoisotopic (exact) mass is 730 g/mol. The van der Waals surface area contributed by atoms with E-state index in [-0.39, 0.29) is 21.7 Å². The molecular formula is C38H46F8N2Ti. The number of rotatable bonds is 14. The van der Waals surface area contributed by atoms with Crippen LogP contribution >= 0.6 is 0 Å². The zero-order chi connectivity index (χ0) is 35.9. The molecule has 0 N–H and O–H groups in total. The summed E-state index contributed by atoms with van der Waals surface area (Å²) in [5.74, 6) is -11.4. The van der Waals surface area contributed by atoms with Gasteiger partial charge in [0.1, 0.15) is 0 Å². The fraction of sp³-hybridized carbons (Fsp3) is 0.421. The van der Waals surface area contributed by atoms with Crippen LogP contribution in [0.4, 0.5) is 46.5 Å². The number of hydrogen-bond donors (Lipinski definition) is 0. The SMILES string of the molecule is CCCCN(CCCC)c1c(F)c(F)[c-]c(F)c1F.CCCCN(CCCC)c1c(F)c(F)[c-]c(F)c1F.[Ti+4].c1cc[cH-]c1.c1cc[cH-]c1. The molecule has 4 aromatic rings. The van der Waals surface area contributed by atoms with Crippen molar-refractivity contribution in [2.45, 2.75) is 79.1 Å². The predicted molar refractivity (Wildman–Crippen MR) is 178 cm³/mol. The molecule has 0 saturated carbocycles. The third-order valence-electron chi connectivity index (χ3n) is 6.91. The van der Waals surface area contributed by atoms with Crippen molar-refractivity contribution in [3.63, 3.8) is 0 Å². The van der Waals surface area contributed by atoms with E-state index in [1.54, 1.807) is 0 Å². The molecule has 268 valence electrons. The van der Waals surface area contributed by atoms with E-state index in [9.17, 15) is 35.1 Å². The molecule has 0 radical (unpaired) electrons. The van der Waals surface area contributed by atoms with E-state index in [2.05, 4.69) is 0 Å². The normalized spacial score (nSPS) is 10.0. The summed E-state index contributed by atoms with van der Waals surface area (Å²) < 4.78 is 107. The van der Waals surface area contributed by atoms with Crippen LogP contribution < -0.4 is 9.80 Å². The van der Waals surface area contributed by atoms with Crippen LogP contribution in [-0.4, -0.2) is 26.2 Å². The van der Waals surface area contributed by atoms with Gasteiger partial charge in [0.2, 0.25) is 0 Å². The van der Waals surface area contributed by atoms with Crippen LogP contribution in [0.3, 0.4) is 0 Å². The van der Waals surface area contributed by atoms with Crippen LogP contribution in [0.5, 0.6) is 0 Å². The minimum atomic E-state index is -1.48. The second-order valence-corrected chi connectivity index (χ2v) is 10.8. The van der Waals surface area contributed by atoms with Crippen LogP contribution in [0.1, 0.15) is 79.1 Å². The molecule has 0 heterocycles. The Bertz CT molecular complexity index is 1170. The first-order valence-corrected chi connectivity index (χ1v) is 16.4. The minimum absolute atomic E-state index is 0. The molecule has 0 spiro atoms. The molecule has 0 bridgehead atoms. The molecule has 49 heavy (non-hydrogen) atoms. The number of benzene rings is 2. The van der Waals surface area contributed by atoms with Gasteiger partial charge in [-0.1, -0.05) is 53.4 Å². The molecule has 0 aliphatic carbocycles. The molecule has 4 aromatic carbocycles. The standard InChI is InChI=1S/2C14H18F4N.2C5H5.Ti/c2*1-3-5-7-19(8-6-4-2)14-12(17)10(15)9-11(16)13(14)18;2*1-2-4-5-3-1;/h2*3-8H2,1-2H3;2*1-5H;/q4*-1;+4. The van der Waals surface area contributed by atoms with Crippen LogP contribution in [0.25, 0.3) is 0 Å². The molecular weight excluding hydrogens is 684 g/mol. The maximum absolute atomic E-state index is 13.7. The Morgan fingerprint density at radius 1 is 0.449 bits per heavy atom. The van der Waals surface area contributed by atoms with Crippen molar-refractivity contribution in [3.05, 3.63) is 119 Å². The third kappa shape index (κ3) is 16.4. The molecule has 11 heteroatoms. The van der Waals surface area contributed by atoms with Gasteiger partial charge in [-0.2, -0.15) is 36.4 Å². The largest absolute Gasteiger partial charge is 4.00 e. The summed E-state index contributed by atoms with van der Waals surface area (Å²) in [6, 6.07) is 22.8. The fourth-order valence-electron chi connectivity index (χ4n) is 4.28. The number of halogens is 8. The van der Waals surface area contributed by atoms with Crippen molar-refractivity contribution in [1.29, 1.82) is 0 Å². The number of unbranched alkanes of at least 4 members (excludes halogenated alkanes) is 4. The van der Waals surface area contributed by atoms with Crippen LogP contribution in [0.2, 0.25) is 0 Å². The Labute approximate surface area is 301 Å². The maximum atomic E-state index is 13.7. The van der Waals surface area contributed by atoms with Gasteiger partial charge in [-0.05, 0) is 25.7 Å². The van der Waals surface area contributed by atoms with E-state index in [4.69, 9.17) is 0 Å². The molecule has 0 amide bonds. The van der Waals surface area contributed by atoms with E-state index in [0.29, 0.717) is 51.9 Å².